The Hall–Kier alpha value is -1.78. The number of amides is 1. The fraction of sp³-hybridized carbons (Fsp3) is 0.353. The summed E-state index contributed by atoms with van der Waals surface area (Å²) >= 11 is 6.22. The predicted molar refractivity (Wildman–Crippen MR) is 85.4 cm³/mol. The molecular weight excluding hydrogens is 300 g/mol. The molecule has 22 heavy (non-hydrogen) atoms. The van der Waals surface area contributed by atoms with Crippen LogP contribution in [0.5, 0.6) is 0 Å². The molecule has 2 aromatic rings. The van der Waals surface area contributed by atoms with Crippen molar-refractivity contribution in [2.75, 3.05) is 6.54 Å². The molecule has 1 aliphatic heterocycles. The standard InChI is InChI=1S/C17H19ClN2O2/c18-15-7-2-1-5-13(15)12-20-9-3-8-16(20)17(21)19-11-14-6-4-10-22-14/h1-2,4-7,10,16H,3,8-9,11-12H2,(H,19,21)/t16-/m0/s1. The Morgan fingerprint density at radius 1 is 1.32 bits per heavy atom. The molecule has 5 heteroatoms. The molecule has 2 heterocycles. The number of likely N-dealkylation sites (tertiary alicyclic amines) is 1. The van der Waals surface area contributed by atoms with Gasteiger partial charge in [0.15, 0.2) is 0 Å². The predicted octanol–water partition coefficient (Wildman–Crippen LogP) is 3.21. The molecule has 3 rings (SSSR count). The molecule has 1 N–H and O–H groups in total. The van der Waals surface area contributed by atoms with Crippen LogP contribution in [0.4, 0.5) is 0 Å². The largest absolute Gasteiger partial charge is 0.467 e. The van der Waals surface area contributed by atoms with Crippen molar-refractivity contribution in [2.45, 2.75) is 32.0 Å². The van der Waals surface area contributed by atoms with Gasteiger partial charge in [-0.3, -0.25) is 9.69 Å². The Morgan fingerprint density at radius 2 is 2.18 bits per heavy atom. The van der Waals surface area contributed by atoms with Gasteiger partial charge >= 0.3 is 0 Å². The second kappa shape index (κ2) is 6.99. The van der Waals surface area contributed by atoms with Gasteiger partial charge in [0.2, 0.25) is 5.91 Å². The van der Waals surface area contributed by atoms with Crippen LogP contribution in [0.25, 0.3) is 0 Å². The maximum absolute atomic E-state index is 12.4. The Labute approximate surface area is 135 Å². The summed E-state index contributed by atoms with van der Waals surface area (Å²) in [6, 6.07) is 11.4. The number of hydrogen-bond acceptors (Lipinski definition) is 3. The number of carbonyl (C=O) groups excluding carboxylic acids is 1. The highest BCUT2D eigenvalue weighted by molar-refractivity contribution is 6.31. The fourth-order valence-corrected chi connectivity index (χ4v) is 3.06. The number of nitrogens with one attached hydrogen (secondary N) is 1. The minimum atomic E-state index is -0.0914. The van der Waals surface area contributed by atoms with Crippen molar-refractivity contribution in [1.29, 1.82) is 0 Å². The average Bonchev–Trinajstić information content (AvgIpc) is 3.18. The van der Waals surface area contributed by atoms with Gasteiger partial charge < -0.3 is 9.73 Å². The Morgan fingerprint density at radius 3 is 2.95 bits per heavy atom. The van der Waals surface area contributed by atoms with Crippen LogP contribution >= 0.6 is 11.6 Å². The summed E-state index contributed by atoms with van der Waals surface area (Å²) in [4.78, 5) is 14.6. The first-order valence-corrected chi connectivity index (χ1v) is 7.89. The third-order valence-corrected chi connectivity index (χ3v) is 4.38. The Bertz CT molecular complexity index is 627. The molecule has 1 aromatic carbocycles. The molecule has 1 aliphatic rings. The number of rotatable bonds is 5. The van der Waals surface area contributed by atoms with E-state index < -0.39 is 0 Å². The number of benzene rings is 1. The molecule has 1 atom stereocenters. The van der Waals surface area contributed by atoms with Crippen LogP contribution in [0, 0.1) is 0 Å². The lowest BCUT2D eigenvalue weighted by Gasteiger charge is -2.24. The van der Waals surface area contributed by atoms with Gasteiger partial charge in [0.05, 0.1) is 18.8 Å². The third-order valence-electron chi connectivity index (χ3n) is 4.01. The minimum absolute atomic E-state index is 0.0564. The SMILES string of the molecule is O=C(NCc1ccco1)[C@@H]1CCCN1Cc1ccccc1Cl. The Balaban J connectivity index is 1.60. The van der Waals surface area contributed by atoms with E-state index in [1.165, 1.54) is 0 Å². The lowest BCUT2D eigenvalue weighted by Crippen LogP contribution is -2.42. The molecule has 1 amide bonds. The van der Waals surface area contributed by atoms with Crippen molar-refractivity contribution in [3.63, 3.8) is 0 Å². The monoisotopic (exact) mass is 318 g/mol. The second-order valence-corrected chi connectivity index (χ2v) is 5.92. The van der Waals surface area contributed by atoms with Crippen LogP contribution in [-0.4, -0.2) is 23.4 Å². The molecule has 0 unspecified atom stereocenters. The fourth-order valence-electron chi connectivity index (χ4n) is 2.86. The molecule has 116 valence electrons. The number of carbonyl (C=O) groups is 1. The smallest absolute Gasteiger partial charge is 0.237 e. The van der Waals surface area contributed by atoms with Crippen molar-refractivity contribution in [1.82, 2.24) is 10.2 Å². The van der Waals surface area contributed by atoms with E-state index in [0.717, 1.165) is 35.7 Å². The van der Waals surface area contributed by atoms with Gasteiger partial charge in [-0.15, -0.1) is 0 Å². The van der Waals surface area contributed by atoms with E-state index in [1.54, 1.807) is 6.26 Å². The highest BCUT2D eigenvalue weighted by atomic mass is 35.5. The molecule has 0 aliphatic carbocycles. The molecule has 1 aromatic heterocycles. The highest BCUT2D eigenvalue weighted by Crippen LogP contribution is 2.23. The summed E-state index contributed by atoms with van der Waals surface area (Å²) in [5, 5.41) is 3.70. The maximum Gasteiger partial charge on any atom is 0.237 e. The maximum atomic E-state index is 12.4. The van der Waals surface area contributed by atoms with Crippen molar-refractivity contribution in [3.05, 3.63) is 59.0 Å². The van der Waals surface area contributed by atoms with Gasteiger partial charge in [-0.05, 0) is 43.1 Å². The number of nitrogens with zero attached hydrogens (tertiary/aromatic N) is 1. The van der Waals surface area contributed by atoms with Crippen LogP contribution in [0.2, 0.25) is 5.02 Å². The van der Waals surface area contributed by atoms with Crippen LogP contribution in [0.3, 0.4) is 0 Å². The van der Waals surface area contributed by atoms with Crippen LogP contribution in [0.1, 0.15) is 24.2 Å². The number of halogens is 1. The van der Waals surface area contributed by atoms with Crippen LogP contribution < -0.4 is 5.32 Å². The summed E-state index contributed by atoms with van der Waals surface area (Å²) < 4.78 is 5.24. The van der Waals surface area contributed by atoms with E-state index in [1.807, 2.05) is 36.4 Å². The molecule has 0 bridgehead atoms. The van der Waals surface area contributed by atoms with Crippen molar-refractivity contribution in [2.24, 2.45) is 0 Å². The lowest BCUT2D eigenvalue weighted by molar-refractivity contribution is -0.125. The van der Waals surface area contributed by atoms with Gasteiger partial charge in [-0.1, -0.05) is 29.8 Å². The summed E-state index contributed by atoms with van der Waals surface area (Å²) in [5.41, 5.74) is 1.06. The Kier molecular flexibility index (Phi) is 4.80. The summed E-state index contributed by atoms with van der Waals surface area (Å²) in [6.07, 6.45) is 3.53. The highest BCUT2D eigenvalue weighted by Gasteiger charge is 2.30. The summed E-state index contributed by atoms with van der Waals surface area (Å²) in [6.45, 7) is 2.06. The molecule has 0 spiro atoms. The molecule has 1 fully saturated rings. The molecule has 0 radical (unpaired) electrons. The van der Waals surface area contributed by atoms with Crippen LogP contribution in [0.15, 0.2) is 47.1 Å². The first-order valence-electron chi connectivity index (χ1n) is 7.51. The number of hydrogen-bond donors (Lipinski definition) is 1. The van der Waals surface area contributed by atoms with E-state index in [9.17, 15) is 4.79 Å². The molecule has 1 saturated heterocycles. The second-order valence-electron chi connectivity index (χ2n) is 5.52. The van der Waals surface area contributed by atoms with Gasteiger partial charge in [-0.25, -0.2) is 0 Å². The minimum Gasteiger partial charge on any atom is -0.467 e. The zero-order valence-corrected chi connectivity index (χ0v) is 13.1. The summed E-state index contributed by atoms with van der Waals surface area (Å²) in [5.74, 6) is 0.824. The van der Waals surface area contributed by atoms with Crippen molar-refractivity contribution >= 4 is 17.5 Å². The van der Waals surface area contributed by atoms with E-state index >= 15 is 0 Å². The van der Waals surface area contributed by atoms with E-state index in [2.05, 4.69) is 10.2 Å². The quantitative estimate of drug-likeness (QED) is 0.920. The van der Waals surface area contributed by atoms with Crippen molar-refractivity contribution in [3.8, 4) is 0 Å². The van der Waals surface area contributed by atoms with E-state index in [-0.39, 0.29) is 11.9 Å². The molecular formula is C17H19ClN2O2. The topological polar surface area (TPSA) is 45.5 Å². The zero-order valence-electron chi connectivity index (χ0n) is 12.3. The average molecular weight is 319 g/mol. The first-order chi connectivity index (χ1) is 10.7. The zero-order chi connectivity index (χ0) is 15.4. The van der Waals surface area contributed by atoms with Gasteiger partial charge in [0.1, 0.15) is 5.76 Å². The number of furan rings is 1. The lowest BCUT2D eigenvalue weighted by atomic mass is 10.1. The normalized spacial score (nSPS) is 18.5. The molecule has 0 saturated carbocycles. The van der Waals surface area contributed by atoms with Gasteiger partial charge in [-0.2, -0.15) is 0 Å². The third kappa shape index (κ3) is 3.51. The van der Waals surface area contributed by atoms with Gasteiger partial charge in [0, 0.05) is 11.6 Å². The van der Waals surface area contributed by atoms with E-state index in [0.29, 0.717) is 13.1 Å². The van der Waals surface area contributed by atoms with Crippen LogP contribution in [-0.2, 0) is 17.9 Å². The van der Waals surface area contributed by atoms with E-state index in [4.69, 9.17) is 16.0 Å². The van der Waals surface area contributed by atoms with Gasteiger partial charge in [0.25, 0.3) is 0 Å². The summed E-state index contributed by atoms with van der Waals surface area (Å²) in [7, 11) is 0. The first kappa shape index (κ1) is 15.1. The van der Waals surface area contributed by atoms with Crippen molar-refractivity contribution < 1.29 is 9.21 Å². The molecule has 4 nitrogen and oxygen atoms in total.